The number of rotatable bonds is 10. The first-order valence-electron chi connectivity index (χ1n) is 12.2. The van der Waals surface area contributed by atoms with Crippen molar-refractivity contribution in [2.45, 2.75) is 79.6 Å². The topological polar surface area (TPSA) is 76.5 Å². The molecule has 2 rings (SSSR count). The SMILES string of the molecule is CCCCCN(CC(=O)Nc1cc(C(C)(C)C)nn1-c1ccc(OC)cc1)C(=O)CC(C)(C)C. The molecular formula is C27H42N4O3. The van der Waals surface area contributed by atoms with Crippen LogP contribution in [0.1, 0.15) is 79.8 Å². The zero-order chi connectivity index (χ0) is 25.5. The van der Waals surface area contributed by atoms with Gasteiger partial charge in [0.2, 0.25) is 11.8 Å². The maximum atomic E-state index is 13.1. The fourth-order valence-electron chi connectivity index (χ4n) is 3.52. The molecule has 0 fully saturated rings. The summed E-state index contributed by atoms with van der Waals surface area (Å²) in [6.45, 7) is 15.1. The number of carbonyl (C=O) groups excluding carboxylic acids is 2. The quantitative estimate of drug-likeness (QED) is 0.461. The van der Waals surface area contributed by atoms with Gasteiger partial charge in [0, 0.05) is 24.4 Å². The van der Waals surface area contributed by atoms with Crippen molar-refractivity contribution in [3.8, 4) is 11.4 Å². The lowest BCUT2D eigenvalue weighted by molar-refractivity contribution is -0.136. The number of nitrogens with zero attached hydrogens (tertiary/aromatic N) is 3. The maximum absolute atomic E-state index is 13.1. The highest BCUT2D eigenvalue weighted by atomic mass is 16.5. The monoisotopic (exact) mass is 470 g/mol. The number of anilines is 1. The average molecular weight is 471 g/mol. The van der Waals surface area contributed by atoms with E-state index < -0.39 is 0 Å². The molecule has 0 bridgehead atoms. The van der Waals surface area contributed by atoms with Gasteiger partial charge in [0.25, 0.3) is 0 Å². The van der Waals surface area contributed by atoms with E-state index in [1.54, 1.807) is 16.7 Å². The Balaban J connectivity index is 2.27. The molecule has 7 heteroatoms. The molecular weight excluding hydrogens is 428 g/mol. The van der Waals surface area contributed by atoms with Gasteiger partial charge in [-0.25, -0.2) is 4.68 Å². The lowest BCUT2D eigenvalue weighted by atomic mass is 9.91. The highest BCUT2D eigenvalue weighted by molar-refractivity contribution is 5.94. The zero-order valence-electron chi connectivity index (χ0n) is 22.2. The summed E-state index contributed by atoms with van der Waals surface area (Å²) in [5, 5.41) is 7.77. The van der Waals surface area contributed by atoms with E-state index in [0.29, 0.717) is 18.8 Å². The average Bonchev–Trinajstić information content (AvgIpc) is 3.16. The van der Waals surface area contributed by atoms with Gasteiger partial charge in [0.05, 0.1) is 25.0 Å². The van der Waals surface area contributed by atoms with Crippen LogP contribution in [0.25, 0.3) is 5.69 Å². The number of ether oxygens (including phenoxy) is 1. The summed E-state index contributed by atoms with van der Waals surface area (Å²) in [5.41, 5.74) is 1.36. The number of hydrogen-bond acceptors (Lipinski definition) is 4. The molecule has 1 heterocycles. The Morgan fingerprint density at radius 1 is 1.06 bits per heavy atom. The van der Waals surface area contributed by atoms with Gasteiger partial charge in [-0.3, -0.25) is 9.59 Å². The first-order chi connectivity index (χ1) is 15.8. The van der Waals surface area contributed by atoms with Crippen LogP contribution in [0.15, 0.2) is 30.3 Å². The molecule has 2 aromatic rings. The predicted molar refractivity (Wildman–Crippen MR) is 138 cm³/mol. The molecule has 34 heavy (non-hydrogen) atoms. The van der Waals surface area contributed by atoms with E-state index in [0.717, 1.165) is 36.4 Å². The van der Waals surface area contributed by atoms with Crippen molar-refractivity contribution in [2.24, 2.45) is 5.41 Å². The number of hydrogen-bond donors (Lipinski definition) is 1. The molecule has 0 saturated heterocycles. The van der Waals surface area contributed by atoms with Gasteiger partial charge in [0.15, 0.2) is 0 Å². The standard InChI is InChI=1S/C27H42N4O3/c1-9-10-11-16-30(25(33)18-26(2,3)4)19-24(32)28-23-17-22(27(5,6)7)29-31(23)20-12-14-21(34-8)15-13-20/h12-15,17H,9-11,16,18-19H2,1-8H3,(H,28,32). The summed E-state index contributed by atoms with van der Waals surface area (Å²) < 4.78 is 7.00. The van der Waals surface area contributed by atoms with E-state index in [9.17, 15) is 9.59 Å². The second-order valence-corrected chi connectivity index (χ2v) is 11.1. The van der Waals surface area contributed by atoms with Gasteiger partial charge in [-0.1, -0.05) is 61.3 Å². The number of unbranched alkanes of at least 4 members (excludes halogenated alkanes) is 2. The van der Waals surface area contributed by atoms with Crippen LogP contribution in [-0.4, -0.2) is 46.7 Å². The predicted octanol–water partition coefficient (Wildman–Crippen LogP) is 5.57. The van der Waals surface area contributed by atoms with Crippen molar-refractivity contribution in [1.82, 2.24) is 14.7 Å². The molecule has 1 aromatic heterocycles. The van der Waals surface area contributed by atoms with Crippen molar-refractivity contribution in [2.75, 3.05) is 25.5 Å². The van der Waals surface area contributed by atoms with Gasteiger partial charge in [-0.15, -0.1) is 0 Å². The molecule has 0 atom stereocenters. The third-order valence-electron chi connectivity index (χ3n) is 5.46. The van der Waals surface area contributed by atoms with Gasteiger partial charge < -0.3 is 15.0 Å². The van der Waals surface area contributed by atoms with Crippen molar-refractivity contribution in [1.29, 1.82) is 0 Å². The van der Waals surface area contributed by atoms with Gasteiger partial charge in [-0.2, -0.15) is 5.10 Å². The van der Waals surface area contributed by atoms with Crippen molar-refractivity contribution in [3.63, 3.8) is 0 Å². The molecule has 0 aliphatic rings. The van der Waals surface area contributed by atoms with Crippen LogP contribution in [0, 0.1) is 5.41 Å². The molecule has 0 unspecified atom stereocenters. The van der Waals surface area contributed by atoms with Gasteiger partial charge in [-0.05, 0) is 36.1 Å². The zero-order valence-corrected chi connectivity index (χ0v) is 22.2. The van der Waals surface area contributed by atoms with Crippen LogP contribution in [-0.2, 0) is 15.0 Å². The fraction of sp³-hybridized carbons (Fsp3) is 0.593. The van der Waals surface area contributed by atoms with E-state index in [1.165, 1.54) is 0 Å². The van der Waals surface area contributed by atoms with Crippen LogP contribution in [0.4, 0.5) is 5.82 Å². The Kier molecular flexibility index (Phi) is 9.30. The van der Waals surface area contributed by atoms with Crippen LogP contribution < -0.4 is 10.1 Å². The van der Waals surface area contributed by atoms with Crippen LogP contribution in [0.3, 0.4) is 0 Å². The molecule has 2 amide bonds. The Hall–Kier alpha value is -2.83. The van der Waals surface area contributed by atoms with Crippen molar-refractivity contribution < 1.29 is 14.3 Å². The molecule has 1 N–H and O–H groups in total. The first-order valence-corrected chi connectivity index (χ1v) is 12.2. The normalized spacial score (nSPS) is 11.9. The van der Waals surface area contributed by atoms with Gasteiger partial charge >= 0.3 is 0 Å². The Labute approximate surface area is 204 Å². The van der Waals surface area contributed by atoms with Crippen LogP contribution in [0.5, 0.6) is 5.75 Å². The van der Waals surface area contributed by atoms with Gasteiger partial charge in [0.1, 0.15) is 11.6 Å². The van der Waals surface area contributed by atoms with Crippen LogP contribution in [0.2, 0.25) is 0 Å². The number of carbonyl (C=O) groups is 2. The summed E-state index contributed by atoms with van der Waals surface area (Å²) in [7, 11) is 1.62. The molecule has 0 aliphatic carbocycles. The Bertz CT molecular complexity index is 950. The highest BCUT2D eigenvalue weighted by Crippen LogP contribution is 2.27. The second-order valence-electron chi connectivity index (χ2n) is 11.1. The Morgan fingerprint density at radius 3 is 2.24 bits per heavy atom. The third-order valence-corrected chi connectivity index (χ3v) is 5.46. The smallest absolute Gasteiger partial charge is 0.245 e. The summed E-state index contributed by atoms with van der Waals surface area (Å²) in [5.74, 6) is 1.11. The van der Waals surface area contributed by atoms with Crippen molar-refractivity contribution >= 4 is 17.6 Å². The van der Waals surface area contributed by atoms with E-state index in [4.69, 9.17) is 9.84 Å². The number of aromatic nitrogens is 2. The second kappa shape index (κ2) is 11.5. The molecule has 0 aliphatic heterocycles. The van der Waals surface area contributed by atoms with E-state index in [1.807, 2.05) is 51.1 Å². The number of methoxy groups -OCH3 is 1. The van der Waals surface area contributed by atoms with Crippen LogP contribution >= 0.6 is 0 Å². The maximum Gasteiger partial charge on any atom is 0.245 e. The lowest BCUT2D eigenvalue weighted by Crippen LogP contribution is -2.40. The number of amides is 2. The first kappa shape index (κ1) is 27.4. The largest absolute Gasteiger partial charge is 0.497 e. The fourth-order valence-corrected chi connectivity index (χ4v) is 3.52. The minimum Gasteiger partial charge on any atom is -0.497 e. The molecule has 1 aromatic carbocycles. The minimum atomic E-state index is -0.228. The summed E-state index contributed by atoms with van der Waals surface area (Å²) >= 11 is 0. The highest BCUT2D eigenvalue weighted by Gasteiger charge is 2.25. The van der Waals surface area contributed by atoms with E-state index in [2.05, 4.69) is 33.0 Å². The molecule has 7 nitrogen and oxygen atoms in total. The summed E-state index contributed by atoms with van der Waals surface area (Å²) in [6.07, 6.45) is 3.38. The molecule has 0 spiro atoms. The lowest BCUT2D eigenvalue weighted by Gasteiger charge is -2.26. The molecule has 0 radical (unpaired) electrons. The number of nitrogens with one attached hydrogen (secondary N) is 1. The minimum absolute atomic E-state index is 0.0118. The van der Waals surface area contributed by atoms with E-state index >= 15 is 0 Å². The number of benzene rings is 1. The third kappa shape index (κ3) is 8.19. The molecule has 0 saturated carbocycles. The molecule has 188 valence electrons. The summed E-state index contributed by atoms with van der Waals surface area (Å²) in [6, 6.07) is 9.43. The van der Waals surface area contributed by atoms with E-state index in [-0.39, 0.29) is 29.2 Å². The summed E-state index contributed by atoms with van der Waals surface area (Å²) in [4.78, 5) is 27.7. The Morgan fingerprint density at radius 2 is 1.71 bits per heavy atom. The van der Waals surface area contributed by atoms with Crippen molar-refractivity contribution in [3.05, 3.63) is 36.0 Å².